The summed E-state index contributed by atoms with van der Waals surface area (Å²) in [4.78, 5) is 2.80. The number of fused-ring (bicyclic) bond motifs is 2. The maximum atomic E-state index is 3.52. The van der Waals surface area contributed by atoms with E-state index in [0.29, 0.717) is 0 Å². The maximum Gasteiger partial charge on any atom is 0.00980 e. The van der Waals surface area contributed by atoms with Crippen molar-refractivity contribution in [1.29, 1.82) is 0 Å². The predicted octanol–water partition coefficient (Wildman–Crippen LogP) is 2.74. The van der Waals surface area contributed by atoms with Crippen LogP contribution in [0.3, 0.4) is 0 Å². The van der Waals surface area contributed by atoms with Crippen LogP contribution in [0, 0.1) is 23.7 Å². The van der Waals surface area contributed by atoms with E-state index >= 15 is 0 Å². The Hall–Kier alpha value is -0.0800. The van der Waals surface area contributed by atoms with Crippen LogP contribution in [0.5, 0.6) is 0 Å². The zero-order valence-electron chi connectivity index (χ0n) is 12.2. The van der Waals surface area contributed by atoms with Crippen molar-refractivity contribution in [2.24, 2.45) is 23.7 Å². The predicted molar refractivity (Wildman–Crippen MR) is 76.6 cm³/mol. The molecule has 2 saturated carbocycles. The highest BCUT2D eigenvalue weighted by molar-refractivity contribution is 4.96. The Bertz CT molecular complexity index is 278. The van der Waals surface area contributed by atoms with Gasteiger partial charge in [0.2, 0.25) is 0 Å². The van der Waals surface area contributed by atoms with Crippen LogP contribution in [0.2, 0.25) is 0 Å². The Labute approximate surface area is 113 Å². The third-order valence-electron chi connectivity index (χ3n) is 5.99. The summed E-state index contributed by atoms with van der Waals surface area (Å²) in [5, 5.41) is 3.52. The molecule has 0 radical (unpaired) electrons. The van der Waals surface area contributed by atoms with E-state index in [0.717, 1.165) is 36.3 Å². The molecule has 3 aliphatic rings. The molecule has 104 valence electrons. The van der Waals surface area contributed by atoms with E-state index in [1.807, 2.05) is 0 Å². The van der Waals surface area contributed by atoms with E-state index in [1.54, 1.807) is 12.8 Å². The van der Waals surface area contributed by atoms with Gasteiger partial charge in [0, 0.05) is 12.6 Å². The Balaban J connectivity index is 1.50. The summed E-state index contributed by atoms with van der Waals surface area (Å²) in [7, 11) is 0. The molecule has 0 aromatic rings. The summed E-state index contributed by atoms with van der Waals surface area (Å²) in [5.74, 6) is 4.12. The second-order valence-corrected chi connectivity index (χ2v) is 7.04. The molecule has 3 rings (SSSR count). The van der Waals surface area contributed by atoms with Gasteiger partial charge < -0.3 is 10.2 Å². The van der Waals surface area contributed by atoms with Crippen LogP contribution in [0.4, 0.5) is 0 Å². The molecule has 1 aliphatic heterocycles. The van der Waals surface area contributed by atoms with E-state index in [2.05, 4.69) is 24.1 Å². The fourth-order valence-corrected chi connectivity index (χ4v) is 4.90. The van der Waals surface area contributed by atoms with Crippen molar-refractivity contribution in [3.63, 3.8) is 0 Å². The molecule has 18 heavy (non-hydrogen) atoms. The van der Waals surface area contributed by atoms with Crippen molar-refractivity contribution in [2.75, 3.05) is 26.2 Å². The number of hydrogen-bond acceptors (Lipinski definition) is 2. The van der Waals surface area contributed by atoms with Gasteiger partial charge in [-0.05, 0) is 75.9 Å². The third-order valence-corrected chi connectivity index (χ3v) is 5.99. The fourth-order valence-electron chi connectivity index (χ4n) is 4.90. The highest BCUT2D eigenvalue weighted by atomic mass is 15.2. The number of rotatable bonds is 5. The van der Waals surface area contributed by atoms with Crippen molar-refractivity contribution in [1.82, 2.24) is 10.2 Å². The summed E-state index contributed by atoms with van der Waals surface area (Å²) in [6, 6.07) is 0.854. The summed E-state index contributed by atoms with van der Waals surface area (Å²) >= 11 is 0. The minimum atomic E-state index is 0.854. The fraction of sp³-hybridized carbons (Fsp3) is 1.00. The minimum absolute atomic E-state index is 0.854. The molecule has 2 heteroatoms. The summed E-state index contributed by atoms with van der Waals surface area (Å²) in [6.07, 6.45) is 7.59. The molecule has 1 N–H and O–H groups in total. The highest BCUT2D eigenvalue weighted by Crippen LogP contribution is 2.50. The molecule has 2 bridgehead atoms. The Morgan fingerprint density at radius 1 is 1.22 bits per heavy atom. The first-order valence-electron chi connectivity index (χ1n) is 8.22. The molecular formula is C16H30N2. The average Bonchev–Trinajstić information content (AvgIpc) is 3.10. The Kier molecular flexibility index (Phi) is 3.95. The van der Waals surface area contributed by atoms with Gasteiger partial charge in [-0.15, -0.1) is 0 Å². The maximum absolute atomic E-state index is 3.52. The topological polar surface area (TPSA) is 15.3 Å². The molecule has 3 fully saturated rings. The number of likely N-dealkylation sites (tertiary alicyclic amines) is 1. The van der Waals surface area contributed by atoms with Crippen LogP contribution in [-0.2, 0) is 0 Å². The lowest BCUT2D eigenvalue weighted by atomic mass is 9.83. The molecule has 2 nitrogen and oxygen atoms in total. The van der Waals surface area contributed by atoms with Crippen LogP contribution < -0.4 is 5.32 Å². The first-order chi connectivity index (χ1) is 8.78. The first-order valence-corrected chi connectivity index (χ1v) is 8.22. The SMILES string of the molecule is CCNCC1CCN(C(C)C2CC3CCC2C3)C1. The number of nitrogens with zero attached hydrogens (tertiary/aromatic N) is 1. The van der Waals surface area contributed by atoms with Crippen LogP contribution in [0.25, 0.3) is 0 Å². The standard InChI is InChI=1S/C16H30N2/c1-3-17-10-14-6-7-18(11-14)12(2)16-9-13-4-5-15(16)8-13/h12-17H,3-11H2,1-2H3. The van der Waals surface area contributed by atoms with Crippen LogP contribution in [0.1, 0.15) is 46.0 Å². The lowest BCUT2D eigenvalue weighted by Crippen LogP contribution is -2.39. The molecule has 2 aliphatic carbocycles. The highest BCUT2D eigenvalue weighted by Gasteiger charge is 2.43. The van der Waals surface area contributed by atoms with E-state index in [9.17, 15) is 0 Å². The largest absolute Gasteiger partial charge is 0.317 e. The van der Waals surface area contributed by atoms with Crippen molar-refractivity contribution >= 4 is 0 Å². The quantitative estimate of drug-likeness (QED) is 0.807. The molecule has 0 amide bonds. The zero-order chi connectivity index (χ0) is 12.5. The van der Waals surface area contributed by atoms with Crippen molar-refractivity contribution in [2.45, 2.75) is 52.0 Å². The second-order valence-electron chi connectivity index (χ2n) is 7.04. The van der Waals surface area contributed by atoms with E-state index in [-0.39, 0.29) is 0 Å². The monoisotopic (exact) mass is 250 g/mol. The van der Waals surface area contributed by atoms with E-state index < -0.39 is 0 Å². The van der Waals surface area contributed by atoms with Crippen LogP contribution in [-0.4, -0.2) is 37.1 Å². The molecule has 5 atom stereocenters. The smallest absolute Gasteiger partial charge is 0.00980 e. The third kappa shape index (κ3) is 2.46. The van der Waals surface area contributed by atoms with Crippen molar-refractivity contribution < 1.29 is 0 Å². The Morgan fingerprint density at radius 3 is 2.78 bits per heavy atom. The normalized spacial score (nSPS) is 41.7. The molecular weight excluding hydrogens is 220 g/mol. The molecule has 0 aromatic heterocycles. The lowest BCUT2D eigenvalue weighted by molar-refractivity contribution is 0.140. The van der Waals surface area contributed by atoms with Gasteiger partial charge in [0.05, 0.1) is 0 Å². The summed E-state index contributed by atoms with van der Waals surface area (Å²) < 4.78 is 0. The summed E-state index contributed by atoms with van der Waals surface area (Å²) in [6.45, 7) is 9.79. The first kappa shape index (κ1) is 12.9. The van der Waals surface area contributed by atoms with E-state index in [4.69, 9.17) is 0 Å². The molecule has 1 heterocycles. The summed E-state index contributed by atoms with van der Waals surface area (Å²) in [5.41, 5.74) is 0. The van der Waals surface area contributed by atoms with Gasteiger partial charge in [0.15, 0.2) is 0 Å². The molecule has 5 unspecified atom stereocenters. The second kappa shape index (κ2) is 5.50. The van der Waals surface area contributed by atoms with Crippen LogP contribution >= 0.6 is 0 Å². The van der Waals surface area contributed by atoms with Crippen molar-refractivity contribution in [3.8, 4) is 0 Å². The minimum Gasteiger partial charge on any atom is -0.317 e. The van der Waals surface area contributed by atoms with Gasteiger partial charge >= 0.3 is 0 Å². The van der Waals surface area contributed by atoms with Gasteiger partial charge in [-0.1, -0.05) is 13.3 Å². The van der Waals surface area contributed by atoms with Gasteiger partial charge in [-0.3, -0.25) is 0 Å². The zero-order valence-corrected chi connectivity index (χ0v) is 12.2. The number of nitrogens with one attached hydrogen (secondary N) is 1. The van der Waals surface area contributed by atoms with Crippen molar-refractivity contribution in [3.05, 3.63) is 0 Å². The Morgan fingerprint density at radius 2 is 2.11 bits per heavy atom. The molecule has 0 spiro atoms. The van der Waals surface area contributed by atoms with Gasteiger partial charge in [0.1, 0.15) is 0 Å². The van der Waals surface area contributed by atoms with Gasteiger partial charge in [-0.2, -0.15) is 0 Å². The van der Waals surface area contributed by atoms with Gasteiger partial charge in [-0.25, -0.2) is 0 Å². The molecule has 1 saturated heterocycles. The van der Waals surface area contributed by atoms with Crippen LogP contribution in [0.15, 0.2) is 0 Å². The number of hydrogen-bond donors (Lipinski definition) is 1. The lowest BCUT2D eigenvalue weighted by Gasteiger charge is -2.34. The average molecular weight is 250 g/mol. The molecule has 0 aromatic carbocycles. The van der Waals surface area contributed by atoms with E-state index in [1.165, 1.54) is 38.9 Å². The van der Waals surface area contributed by atoms with Gasteiger partial charge in [0.25, 0.3) is 0 Å².